The van der Waals surface area contributed by atoms with Crippen LogP contribution in [0.15, 0.2) is 0 Å². The summed E-state index contributed by atoms with van der Waals surface area (Å²) in [6.45, 7) is 5.23. The highest BCUT2D eigenvalue weighted by Gasteiger charge is 2.24. The Labute approximate surface area is 176 Å². The monoisotopic (exact) mass is 414 g/mol. The Balaban J connectivity index is 0.000000294. The average molecular weight is 415 g/mol. The topological polar surface area (TPSA) is 85.9 Å². The van der Waals surface area contributed by atoms with Crippen LogP contribution in [0.3, 0.4) is 0 Å². The van der Waals surface area contributed by atoms with E-state index in [2.05, 4.69) is 15.4 Å². The summed E-state index contributed by atoms with van der Waals surface area (Å²) in [6, 6.07) is 0.888. The van der Waals surface area contributed by atoms with Crippen LogP contribution in [0.2, 0.25) is 0 Å². The number of methoxy groups -OCH3 is 2. The molecule has 170 valence electrons. The van der Waals surface area contributed by atoms with E-state index in [1.165, 1.54) is 78.4 Å². The second-order valence-corrected chi connectivity index (χ2v) is 9.01. The number of alkyl carbamates (subject to hydrolysis) is 1. The maximum Gasteiger partial charge on any atom is 0.408 e. The van der Waals surface area contributed by atoms with Crippen molar-refractivity contribution in [3.05, 3.63) is 0 Å². The fourth-order valence-corrected chi connectivity index (χ4v) is 3.80. The molecule has 0 bridgehead atoms. The summed E-state index contributed by atoms with van der Waals surface area (Å²) in [4.78, 5) is 22.6. The Bertz CT molecular complexity index is 450. The second-order valence-electron chi connectivity index (χ2n) is 9.01. The lowest BCUT2D eigenvalue weighted by molar-refractivity contribution is -0.144. The van der Waals surface area contributed by atoms with Crippen molar-refractivity contribution in [3.63, 3.8) is 0 Å². The van der Waals surface area contributed by atoms with Gasteiger partial charge in [-0.3, -0.25) is 0 Å². The molecule has 0 aromatic carbocycles. The summed E-state index contributed by atoms with van der Waals surface area (Å²) in [5.74, 6) is -0.576. The summed E-state index contributed by atoms with van der Waals surface area (Å²) < 4.78 is 14.3. The molecular formula is C22H42N2O5. The van der Waals surface area contributed by atoms with Crippen LogP contribution < -0.4 is 10.6 Å². The molecule has 2 aliphatic rings. The van der Waals surface area contributed by atoms with Crippen LogP contribution in [-0.2, 0) is 19.0 Å². The summed E-state index contributed by atoms with van der Waals surface area (Å²) in [7, 11) is 2.66. The van der Waals surface area contributed by atoms with Crippen molar-refractivity contribution >= 4 is 12.1 Å². The summed E-state index contributed by atoms with van der Waals surface area (Å²) >= 11 is 0. The van der Waals surface area contributed by atoms with Crippen molar-refractivity contribution in [1.29, 1.82) is 0 Å². The van der Waals surface area contributed by atoms with Crippen LogP contribution in [0.4, 0.5) is 4.79 Å². The first-order valence-corrected chi connectivity index (χ1v) is 11.1. The number of rotatable bonds is 6. The van der Waals surface area contributed by atoms with E-state index in [0.29, 0.717) is 0 Å². The third kappa shape index (κ3) is 12.1. The van der Waals surface area contributed by atoms with E-state index in [1.54, 1.807) is 20.8 Å². The molecule has 7 nitrogen and oxygen atoms in total. The number of esters is 1. The first-order valence-electron chi connectivity index (χ1n) is 11.1. The predicted octanol–water partition coefficient (Wildman–Crippen LogP) is 3.94. The molecule has 0 spiro atoms. The Hall–Kier alpha value is -1.34. The quantitative estimate of drug-likeness (QED) is 0.640. The Morgan fingerprint density at radius 1 is 0.897 bits per heavy atom. The number of carbonyl (C=O) groups excluding carboxylic acids is 2. The maximum atomic E-state index is 11.4. The molecule has 1 atom stereocenters. The molecule has 0 radical (unpaired) electrons. The number of hydrogen-bond donors (Lipinski definition) is 2. The van der Waals surface area contributed by atoms with Gasteiger partial charge < -0.3 is 24.8 Å². The lowest BCUT2D eigenvalue weighted by atomic mass is 9.91. The third-order valence-electron chi connectivity index (χ3n) is 5.19. The van der Waals surface area contributed by atoms with Crippen molar-refractivity contribution in [2.75, 3.05) is 20.8 Å². The highest BCUT2D eigenvalue weighted by Crippen LogP contribution is 2.22. The largest absolute Gasteiger partial charge is 0.467 e. The fourth-order valence-electron chi connectivity index (χ4n) is 3.80. The van der Waals surface area contributed by atoms with E-state index >= 15 is 0 Å². The minimum atomic E-state index is -0.857. The second kappa shape index (κ2) is 13.8. The van der Waals surface area contributed by atoms with Crippen molar-refractivity contribution in [1.82, 2.24) is 10.6 Å². The van der Waals surface area contributed by atoms with E-state index in [9.17, 15) is 9.59 Å². The van der Waals surface area contributed by atoms with Gasteiger partial charge >= 0.3 is 12.1 Å². The molecule has 2 aliphatic carbocycles. The van der Waals surface area contributed by atoms with Gasteiger partial charge in [0.1, 0.15) is 5.60 Å². The molecular weight excluding hydrogens is 372 g/mol. The molecule has 29 heavy (non-hydrogen) atoms. The minimum absolute atomic E-state index is 0.0336. The molecule has 2 N–H and O–H groups in total. The van der Waals surface area contributed by atoms with Crippen LogP contribution >= 0.6 is 0 Å². The molecule has 2 fully saturated rings. The number of ether oxygens (including phenoxy) is 3. The van der Waals surface area contributed by atoms with Gasteiger partial charge in [-0.2, -0.15) is 0 Å². The van der Waals surface area contributed by atoms with E-state index in [-0.39, 0.29) is 6.61 Å². The van der Waals surface area contributed by atoms with Crippen molar-refractivity contribution in [2.24, 2.45) is 0 Å². The Kier molecular flexibility index (Phi) is 12.2. The van der Waals surface area contributed by atoms with Gasteiger partial charge in [-0.15, -0.1) is 0 Å². The smallest absolute Gasteiger partial charge is 0.408 e. The molecule has 0 saturated heterocycles. The molecule has 7 heteroatoms. The number of amides is 1. The molecule has 0 aromatic rings. The van der Waals surface area contributed by atoms with Crippen LogP contribution in [0, 0.1) is 0 Å². The van der Waals surface area contributed by atoms with E-state index in [4.69, 9.17) is 9.47 Å². The molecule has 1 amide bonds. The Morgan fingerprint density at radius 2 is 1.38 bits per heavy atom. The van der Waals surface area contributed by atoms with Gasteiger partial charge in [-0.25, -0.2) is 9.59 Å². The first kappa shape index (κ1) is 25.7. The number of hydrogen-bond acceptors (Lipinski definition) is 6. The van der Waals surface area contributed by atoms with Gasteiger partial charge in [0, 0.05) is 19.2 Å². The third-order valence-corrected chi connectivity index (χ3v) is 5.19. The van der Waals surface area contributed by atoms with E-state index in [0.717, 1.165) is 12.1 Å². The number of nitrogens with one attached hydrogen (secondary N) is 2. The lowest BCUT2D eigenvalue weighted by Crippen LogP contribution is -2.46. The molecule has 0 aliphatic heterocycles. The van der Waals surface area contributed by atoms with Gasteiger partial charge in [-0.05, 0) is 46.5 Å². The van der Waals surface area contributed by atoms with Gasteiger partial charge in [0.25, 0.3) is 0 Å². The highest BCUT2D eigenvalue weighted by molar-refractivity contribution is 5.81. The summed E-state index contributed by atoms with van der Waals surface area (Å²) in [6.07, 6.45) is 13.9. The summed E-state index contributed by atoms with van der Waals surface area (Å²) in [5.41, 5.74) is -0.613. The molecule has 0 heterocycles. The highest BCUT2D eigenvalue weighted by atomic mass is 16.6. The van der Waals surface area contributed by atoms with Crippen molar-refractivity contribution < 1.29 is 23.8 Å². The lowest BCUT2D eigenvalue weighted by Gasteiger charge is -2.30. The molecule has 2 rings (SSSR count). The number of carbonyl (C=O) groups is 2. The van der Waals surface area contributed by atoms with E-state index in [1.807, 2.05) is 0 Å². The van der Waals surface area contributed by atoms with Crippen LogP contribution in [-0.4, -0.2) is 56.6 Å². The SMILES string of the molecule is C1CCC(NC2CCCCC2)CC1.COC[C@H](NC(=O)OC(C)(C)C)C(=O)OC. The zero-order valence-electron chi connectivity index (χ0n) is 19.1. The van der Waals surface area contributed by atoms with Gasteiger partial charge in [-0.1, -0.05) is 38.5 Å². The predicted molar refractivity (Wildman–Crippen MR) is 114 cm³/mol. The van der Waals surface area contributed by atoms with Crippen LogP contribution in [0.25, 0.3) is 0 Å². The maximum absolute atomic E-state index is 11.4. The standard InChI is InChI=1S/C12H23N.C10H19NO5/c1-3-7-11(8-4-1)13-12-9-5-2-6-10-12;1-10(2,3)16-9(13)11-7(6-14-4)8(12)15-5/h11-13H,1-10H2;7H,6H2,1-5H3,(H,11,13)/t;7-/m.0/s1. The molecule has 2 saturated carbocycles. The zero-order chi connectivity index (χ0) is 21.7. The Morgan fingerprint density at radius 3 is 1.76 bits per heavy atom. The van der Waals surface area contributed by atoms with Crippen molar-refractivity contribution in [3.8, 4) is 0 Å². The van der Waals surface area contributed by atoms with Crippen LogP contribution in [0.5, 0.6) is 0 Å². The minimum Gasteiger partial charge on any atom is -0.467 e. The zero-order valence-corrected chi connectivity index (χ0v) is 19.1. The molecule has 0 aromatic heterocycles. The average Bonchev–Trinajstić information content (AvgIpc) is 2.68. The van der Waals surface area contributed by atoms with Crippen LogP contribution in [0.1, 0.15) is 85.0 Å². The summed E-state index contributed by atoms with van der Waals surface area (Å²) in [5, 5.41) is 6.22. The fraction of sp³-hybridized carbons (Fsp3) is 0.909. The van der Waals surface area contributed by atoms with Crippen molar-refractivity contribution in [2.45, 2.75) is 109 Å². The van der Waals surface area contributed by atoms with Gasteiger partial charge in [0.05, 0.1) is 13.7 Å². The van der Waals surface area contributed by atoms with Gasteiger partial charge in [0.15, 0.2) is 6.04 Å². The molecule has 0 unspecified atom stereocenters. The first-order chi connectivity index (χ1) is 13.7. The van der Waals surface area contributed by atoms with Gasteiger partial charge in [0.2, 0.25) is 0 Å². The van der Waals surface area contributed by atoms with E-state index < -0.39 is 23.7 Å². The normalized spacial score (nSPS) is 19.5.